The maximum Gasteiger partial charge on any atom is 0.416 e. The summed E-state index contributed by atoms with van der Waals surface area (Å²) in [6, 6.07) is 10.7. The van der Waals surface area contributed by atoms with Gasteiger partial charge >= 0.3 is 12.4 Å². The van der Waals surface area contributed by atoms with Crippen molar-refractivity contribution in [3.05, 3.63) is 70.8 Å². The Morgan fingerprint density at radius 2 is 1.56 bits per heavy atom. The zero-order valence-electron chi connectivity index (χ0n) is 21.6. The number of para-hydroxylation sites is 1. The van der Waals surface area contributed by atoms with E-state index in [1.165, 1.54) is 17.7 Å². The molecule has 0 radical (unpaired) electrons. The number of nitrogens with zero attached hydrogens (tertiary/aromatic N) is 3. The first kappa shape index (κ1) is 29.1. The normalized spacial score (nSPS) is 15.8. The zero-order valence-corrected chi connectivity index (χ0v) is 21.6. The lowest BCUT2D eigenvalue weighted by atomic mass is 10.0. The number of anilines is 1. The number of fused-ring (bicyclic) bond motifs is 1. The van der Waals surface area contributed by atoms with E-state index < -0.39 is 36.4 Å². The van der Waals surface area contributed by atoms with E-state index in [2.05, 4.69) is 4.90 Å². The molecule has 0 aliphatic heterocycles. The smallest absolute Gasteiger partial charge is 0.365 e. The van der Waals surface area contributed by atoms with Crippen molar-refractivity contribution in [2.45, 2.75) is 64.4 Å². The van der Waals surface area contributed by atoms with Crippen LogP contribution in [0.2, 0.25) is 0 Å². The second-order valence-electron chi connectivity index (χ2n) is 10.1. The Morgan fingerprint density at radius 3 is 2.13 bits per heavy atom. The lowest BCUT2D eigenvalue weighted by Gasteiger charge is -2.31. The summed E-state index contributed by atoms with van der Waals surface area (Å²) in [7, 11) is 0. The predicted octanol–water partition coefficient (Wildman–Crippen LogP) is 6.53. The summed E-state index contributed by atoms with van der Waals surface area (Å²) in [6.07, 6.45) is -7.01. The van der Waals surface area contributed by atoms with Crippen LogP contribution in [-0.2, 0) is 25.4 Å². The average Bonchev–Trinajstić information content (AvgIpc) is 3.38. The van der Waals surface area contributed by atoms with Gasteiger partial charge in [0.25, 0.3) is 0 Å². The van der Waals surface area contributed by atoms with Crippen molar-refractivity contribution in [2.24, 2.45) is 11.7 Å². The maximum atomic E-state index is 13.4. The summed E-state index contributed by atoms with van der Waals surface area (Å²) in [4.78, 5) is 8.25. The highest BCUT2D eigenvalue weighted by Crippen LogP contribution is 2.37. The van der Waals surface area contributed by atoms with E-state index in [1.807, 2.05) is 37.3 Å². The van der Waals surface area contributed by atoms with E-state index in [1.54, 1.807) is 0 Å². The molecule has 1 aliphatic rings. The van der Waals surface area contributed by atoms with E-state index in [0.29, 0.717) is 36.0 Å². The summed E-state index contributed by atoms with van der Waals surface area (Å²) in [5.74, 6) is 1.17. The van der Waals surface area contributed by atoms with Gasteiger partial charge in [0, 0.05) is 37.1 Å². The molecule has 0 saturated heterocycles. The van der Waals surface area contributed by atoms with Crippen LogP contribution in [0, 0.1) is 5.92 Å². The minimum Gasteiger partial charge on any atom is -0.365 e. The standard InChI is InChI=1S/C28H32F6N4O/c1-2-37(15-18-7-3-4-8-18)25-21(13-20-9-5-6-10-24(20)36-25)17-38(26(35)39)16-19-11-22(27(29,30)31)14-23(12-19)28(32,33)34/h5-6,9-14,18,26,39H,2-4,7-8,15-17,35H2,1H3. The van der Waals surface area contributed by atoms with Gasteiger partial charge in [-0.15, -0.1) is 0 Å². The van der Waals surface area contributed by atoms with E-state index in [0.717, 1.165) is 30.3 Å². The largest absolute Gasteiger partial charge is 0.416 e. The minimum atomic E-state index is -4.97. The third kappa shape index (κ3) is 7.20. The van der Waals surface area contributed by atoms with E-state index in [4.69, 9.17) is 10.7 Å². The summed E-state index contributed by atoms with van der Waals surface area (Å²) in [5.41, 5.74) is 4.11. The minimum absolute atomic E-state index is 0.0381. The molecule has 4 rings (SSSR count). The number of rotatable bonds is 9. The summed E-state index contributed by atoms with van der Waals surface area (Å²) in [6.45, 7) is 2.97. The van der Waals surface area contributed by atoms with Gasteiger partial charge in [0.05, 0.1) is 16.6 Å². The van der Waals surface area contributed by atoms with E-state index >= 15 is 0 Å². The van der Waals surface area contributed by atoms with Crippen molar-refractivity contribution in [2.75, 3.05) is 18.0 Å². The molecule has 5 nitrogen and oxygen atoms in total. The summed E-state index contributed by atoms with van der Waals surface area (Å²) in [5, 5.41) is 11.2. The molecule has 0 amide bonds. The first-order chi connectivity index (χ1) is 18.3. The van der Waals surface area contributed by atoms with Gasteiger partial charge in [-0.05, 0) is 61.6 Å². The number of aliphatic hydroxyl groups excluding tert-OH is 1. The summed E-state index contributed by atoms with van der Waals surface area (Å²) >= 11 is 0. The second kappa shape index (κ2) is 11.7. The van der Waals surface area contributed by atoms with Crippen molar-refractivity contribution in [1.82, 2.24) is 9.88 Å². The molecular weight excluding hydrogens is 522 g/mol. The van der Waals surface area contributed by atoms with Gasteiger partial charge in [-0.1, -0.05) is 31.0 Å². The van der Waals surface area contributed by atoms with Crippen molar-refractivity contribution < 1.29 is 31.4 Å². The Bertz CT molecular complexity index is 1240. The number of hydrogen-bond acceptors (Lipinski definition) is 5. The fraction of sp³-hybridized carbons (Fsp3) is 0.464. The molecule has 1 aliphatic carbocycles. The number of alkyl halides is 6. The number of hydrogen-bond donors (Lipinski definition) is 2. The number of nitrogens with two attached hydrogens (primary N) is 1. The van der Waals surface area contributed by atoms with Gasteiger partial charge in [-0.2, -0.15) is 26.3 Å². The molecule has 212 valence electrons. The van der Waals surface area contributed by atoms with Crippen LogP contribution >= 0.6 is 0 Å². The van der Waals surface area contributed by atoms with Gasteiger partial charge in [0.15, 0.2) is 6.35 Å². The lowest BCUT2D eigenvalue weighted by Crippen LogP contribution is -2.41. The van der Waals surface area contributed by atoms with Crippen LogP contribution in [0.1, 0.15) is 54.9 Å². The SMILES string of the molecule is CCN(CC1CCCC1)c1nc2ccccc2cc1CN(Cc1cc(C(F)(F)F)cc(C(F)(F)F)c1)C(N)O. The average molecular weight is 555 g/mol. The predicted molar refractivity (Wildman–Crippen MR) is 137 cm³/mol. The molecule has 3 aromatic rings. The van der Waals surface area contributed by atoms with E-state index in [-0.39, 0.29) is 18.2 Å². The molecular formula is C28H32F6N4O. The maximum absolute atomic E-state index is 13.4. The van der Waals surface area contributed by atoms with Gasteiger partial charge < -0.3 is 10.0 Å². The van der Waals surface area contributed by atoms with Crippen molar-refractivity contribution in [3.63, 3.8) is 0 Å². The van der Waals surface area contributed by atoms with Gasteiger partial charge in [-0.3, -0.25) is 10.6 Å². The Balaban J connectivity index is 1.71. The van der Waals surface area contributed by atoms with Crippen LogP contribution in [0.5, 0.6) is 0 Å². The molecule has 1 aromatic heterocycles. The molecule has 3 N–H and O–H groups in total. The Morgan fingerprint density at radius 1 is 0.949 bits per heavy atom. The van der Waals surface area contributed by atoms with Crippen molar-refractivity contribution in [3.8, 4) is 0 Å². The molecule has 1 saturated carbocycles. The van der Waals surface area contributed by atoms with Crippen molar-refractivity contribution >= 4 is 16.7 Å². The topological polar surface area (TPSA) is 65.6 Å². The third-order valence-electron chi connectivity index (χ3n) is 7.20. The molecule has 1 fully saturated rings. The lowest BCUT2D eigenvalue weighted by molar-refractivity contribution is -0.143. The quantitative estimate of drug-likeness (QED) is 0.233. The number of benzene rings is 2. The van der Waals surface area contributed by atoms with E-state index in [9.17, 15) is 31.4 Å². The fourth-order valence-corrected chi connectivity index (χ4v) is 5.22. The van der Waals surface area contributed by atoms with Crippen LogP contribution in [0.15, 0.2) is 48.5 Å². The molecule has 1 atom stereocenters. The number of pyridine rings is 1. The van der Waals surface area contributed by atoms with Crippen LogP contribution in [0.25, 0.3) is 10.9 Å². The van der Waals surface area contributed by atoms with Crippen molar-refractivity contribution in [1.29, 1.82) is 0 Å². The Hall–Kier alpha value is -2.89. The van der Waals surface area contributed by atoms with Crippen LogP contribution < -0.4 is 10.6 Å². The molecule has 0 spiro atoms. The highest BCUT2D eigenvalue weighted by Gasteiger charge is 2.37. The fourth-order valence-electron chi connectivity index (χ4n) is 5.22. The molecule has 1 unspecified atom stereocenters. The Labute approximate surface area is 223 Å². The molecule has 1 heterocycles. The first-order valence-electron chi connectivity index (χ1n) is 12.9. The van der Waals surface area contributed by atoms with Gasteiger partial charge in [-0.25, -0.2) is 4.98 Å². The van der Waals surface area contributed by atoms with Gasteiger partial charge in [0.1, 0.15) is 5.82 Å². The highest BCUT2D eigenvalue weighted by atomic mass is 19.4. The first-order valence-corrected chi connectivity index (χ1v) is 12.9. The zero-order chi connectivity index (χ0) is 28.4. The monoisotopic (exact) mass is 554 g/mol. The second-order valence-corrected chi connectivity index (χ2v) is 10.1. The number of halogens is 6. The van der Waals surface area contributed by atoms with Crippen LogP contribution in [-0.4, -0.2) is 34.4 Å². The molecule has 0 bridgehead atoms. The van der Waals surface area contributed by atoms with Crippen LogP contribution in [0.3, 0.4) is 0 Å². The number of aliphatic hydroxyl groups is 1. The third-order valence-corrected chi connectivity index (χ3v) is 7.20. The van der Waals surface area contributed by atoms with Crippen LogP contribution in [0.4, 0.5) is 32.2 Å². The summed E-state index contributed by atoms with van der Waals surface area (Å²) < 4.78 is 80.4. The van der Waals surface area contributed by atoms with Gasteiger partial charge in [0.2, 0.25) is 0 Å². The molecule has 39 heavy (non-hydrogen) atoms. The number of aromatic nitrogens is 1. The Kier molecular flexibility index (Phi) is 8.72. The molecule has 2 aromatic carbocycles. The molecule has 11 heteroatoms. The highest BCUT2D eigenvalue weighted by molar-refractivity contribution is 5.81.